The van der Waals surface area contributed by atoms with Crippen molar-refractivity contribution in [3.05, 3.63) is 40.5 Å². The predicted octanol–water partition coefficient (Wildman–Crippen LogP) is 0.284. The lowest BCUT2D eigenvalue weighted by Crippen LogP contribution is -2.25. The highest BCUT2D eigenvalue weighted by Crippen LogP contribution is 2.43. The minimum absolute atomic E-state index is 0.108. The first-order valence-electron chi connectivity index (χ1n) is 6.39. The number of carbonyl (C=O) groups excluding carboxylic acids is 2. The second-order valence-corrected chi connectivity index (χ2v) is 6.50. The number of ketones is 2. The van der Waals surface area contributed by atoms with Crippen LogP contribution in [0.2, 0.25) is 0 Å². The van der Waals surface area contributed by atoms with Crippen LogP contribution in [0.3, 0.4) is 0 Å². The summed E-state index contributed by atoms with van der Waals surface area (Å²) in [6.45, 7) is 0. The third kappa shape index (κ3) is 1.94. The van der Waals surface area contributed by atoms with Crippen molar-refractivity contribution in [2.45, 2.75) is 4.90 Å². The monoisotopic (exact) mass is 350 g/mol. The average molecular weight is 350 g/mol. The molecule has 0 bridgehead atoms. The first kappa shape index (κ1) is 15.8. The number of nitrogens with two attached hydrogens (primary N) is 2. The molecule has 124 valence electrons. The second kappa shape index (κ2) is 4.69. The van der Waals surface area contributed by atoms with Crippen molar-refractivity contribution in [3.8, 4) is 11.5 Å². The highest BCUT2D eigenvalue weighted by Gasteiger charge is 2.39. The molecule has 0 amide bonds. The van der Waals surface area contributed by atoms with E-state index in [1.165, 1.54) is 6.07 Å². The van der Waals surface area contributed by atoms with E-state index in [-0.39, 0.29) is 11.3 Å². The molecule has 0 aliphatic heterocycles. The largest absolute Gasteiger partial charge is 0.507 e. The fourth-order valence-corrected chi connectivity index (χ4v) is 3.31. The normalized spacial score (nSPS) is 13.5. The number of phenolic OH excluding ortho intramolecular Hbond substituents is 2. The Balaban J connectivity index is 2.48. The number of aromatic hydroxyl groups is 2. The van der Waals surface area contributed by atoms with Gasteiger partial charge in [-0.1, -0.05) is 0 Å². The Morgan fingerprint density at radius 2 is 1.38 bits per heavy atom. The zero-order chi connectivity index (χ0) is 18.0. The number of hydrogen-bond acceptors (Lipinski definition) is 8. The highest BCUT2D eigenvalue weighted by molar-refractivity contribution is 7.86. The van der Waals surface area contributed by atoms with Crippen LogP contribution in [0.1, 0.15) is 31.8 Å². The van der Waals surface area contributed by atoms with Crippen molar-refractivity contribution in [2.75, 3.05) is 11.5 Å². The number of benzene rings is 2. The van der Waals surface area contributed by atoms with Gasteiger partial charge in [-0.15, -0.1) is 0 Å². The highest BCUT2D eigenvalue weighted by atomic mass is 32.2. The summed E-state index contributed by atoms with van der Waals surface area (Å²) in [6, 6.07) is 2.86. The van der Waals surface area contributed by atoms with Gasteiger partial charge >= 0.3 is 0 Å². The van der Waals surface area contributed by atoms with Gasteiger partial charge in [0.25, 0.3) is 10.1 Å². The van der Waals surface area contributed by atoms with Gasteiger partial charge in [0.1, 0.15) is 16.4 Å². The van der Waals surface area contributed by atoms with E-state index in [0.717, 1.165) is 6.07 Å². The second-order valence-electron chi connectivity index (χ2n) is 5.11. The maximum absolute atomic E-state index is 12.6. The molecule has 10 heteroatoms. The number of rotatable bonds is 1. The Labute approximate surface area is 134 Å². The maximum Gasteiger partial charge on any atom is 0.296 e. The van der Waals surface area contributed by atoms with Crippen LogP contribution in [0.15, 0.2) is 23.1 Å². The number of fused-ring (bicyclic) bond motifs is 2. The van der Waals surface area contributed by atoms with E-state index in [1.807, 2.05) is 0 Å². The molecule has 0 spiro atoms. The van der Waals surface area contributed by atoms with Crippen molar-refractivity contribution in [3.63, 3.8) is 0 Å². The first-order chi connectivity index (χ1) is 11.1. The lowest BCUT2D eigenvalue weighted by Gasteiger charge is -2.22. The summed E-state index contributed by atoms with van der Waals surface area (Å²) in [5, 5.41) is 19.9. The number of anilines is 2. The fraction of sp³-hybridized carbons (Fsp3) is 0. The van der Waals surface area contributed by atoms with Crippen LogP contribution in [0.5, 0.6) is 11.5 Å². The van der Waals surface area contributed by atoms with E-state index < -0.39 is 60.5 Å². The molecule has 0 heterocycles. The standard InChI is InChI=1S/C14H10N2O7S/c15-4-1-2-5(17)9-8(4)13(19)10-6(18)3-7(24(21,22)23)12(16)11(10)14(9)20/h1-3,17-18H,15-16H2,(H,21,22,23). The zero-order valence-electron chi connectivity index (χ0n) is 11.8. The van der Waals surface area contributed by atoms with Gasteiger partial charge in [0.15, 0.2) is 0 Å². The molecular formula is C14H10N2O7S. The Morgan fingerprint density at radius 1 is 0.833 bits per heavy atom. The van der Waals surface area contributed by atoms with E-state index in [0.29, 0.717) is 6.07 Å². The fourth-order valence-electron chi connectivity index (χ4n) is 2.67. The summed E-state index contributed by atoms with van der Waals surface area (Å²) in [4.78, 5) is 24.3. The molecule has 3 rings (SSSR count). The minimum Gasteiger partial charge on any atom is -0.507 e. The summed E-state index contributed by atoms with van der Waals surface area (Å²) in [7, 11) is -4.86. The van der Waals surface area contributed by atoms with Gasteiger partial charge in [-0.3, -0.25) is 14.1 Å². The number of nitrogen functional groups attached to an aromatic ring is 2. The molecule has 9 nitrogen and oxygen atoms in total. The Morgan fingerprint density at radius 3 is 1.96 bits per heavy atom. The molecule has 2 aromatic carbocycles. The van der Waals surface area contributed by atoms with E-state index in [2.05, 4.69) is 0 Å². The van der Waals surface area contributed by atoms with Crippen molar-refractivity contribution >= 4 is 33.1 Å². The molecule has 1 aliphatic carbocycles. The van der Waals surface area contributed by atoms with Crippen molar-refractivity contribution < 1.29 is 32.8 Å². The van der Waals surface area contributed by atoms with Crippen molar-refractivity contribution in [1.29, 1.82) is 0 Å². The van der Waals surface area contributed by atoms with E-state index in [9.17, 15) is 28.2 Å². The third-order valence-electron chi connectivity index (χ3n) is 3.71. The van der Waals surface area contributed by atoms with Gasteiger partial charge in [0.05, 0.1) is 27.9 Å². The molecule has 24 heavy (non-hydrogen) atoms. The SMILES string of the molecule is Nc1ccc(O)c2c1C(=O)c1c(O)cc(S(=O)(=O)O)c(N)c1C2=O. The molecule has 2 aromatic rings. The Hall–Kier alpha value is -3.11. The molecule has 0 atom stereocenters. The first-order valence-corrected chi connectivity index (χ1v) is 7.83. The molecule has 0 aromatic heterocycles. The molecule has 0 radical (unpaired) electrons. The summed E-state index contributed by atoms with van der Waals surface area (Å²) in [6.07, 6.45) is 0. The molecule has 0 fully saturated rings. The maximum atomic E-state index is 12.6. The van der Waals surface area contributed by atoms with Crippen LogP contribution in [0.25, 0.3) is 0 Å². The van der Waals surface area contributed by atoms with E-state index in [4.69, 9.17) is 16.0 Å². The summed E-state index contributed by atoms with van der Waals surface area (Å²) in [5.74, 6) is -3.32. The van der Waals surface area contributed by atoms with Gasteiger partial charge < -0.3 is 21.7 Å². The average Bonchev–Trinajstić information content (AvgIpc) is 2.47. The predicted molar refractivity (Wildman–Crippen MR) is 81.7 cm³/mol. The quantitative estimate of drug-likeness (QED) is 0.234. The van der Waals surface area contributed by atoms with Crippen LogP contribution in [0.4, 0.5) is 11.4 Å². The molecule has 1 aliphatic rings. The molecule has 0 saturated heterocycles. The van der Waals surface area contributed by atoms with Crippen LogP contribution < -0.4 is 11.5 Å². The zero-order valence-corrected chi connectivity index (χ0v) is 12.6. The van der Waals surface area contributed by atoms with Crippen LogP contribution in [0, 0.1) is 0 Å². The summed E-state index contributed by atoms with van der Waals surface area (Å²) in [5.41, 5.74) is 8.53. The van der Waals surface area contributed by atoms with Crippen LogP contribution in [-0.4, -0.2) is 34.8 Å². The lowest BCUT2D eigenvalue weighted by atomic mass is 9.81. The van der Waals surface area contributed by atoms with Crippen molar-refractivity contribution in [1.82, 2.24) is 0 Å². The Bertz CT molecular complexity index is 1060. The molecule has 0 unspecified atom stereocenters. The van der Waals surface area contributed by atoms with Gasteiger partial charge in [-0.05, 0) is 12.1 Å². The molecule has 0 saturated carbocycles. The lowest BCUT2D eigenvalue weighted by molar-refractivity contribution is 0.0975. The van der Waals surface area contributed by atoms with Gasteiger partial charge in [0, 0.05) is 11.8 Å². The number of carbonyl (C=O) groups is 2. The topological polar surface area (TPSA) is 181 Å². The summed E-state index contributed by atoms with van der Waals surface area (Å²) < 4.78 is 31.8. The number of phenols is 2. The van der Waals surface area contributed by atoms with E-state index >= 15 is 0 Å². The number of hydrogen-bond donors (Lipinski definition) is 5. The smallest absolute Gasteiger partial charge is 0.296 e. The van der Waals surface area contributed by atoms with E-state index in [1.54, 1.807) is 0 Å². The van der Waals surface area contributed by atoms with Gasteiger partial charge in [0.2, 0.25) is 11.6 Å². The molecular weight excluding hydrogens is 340 g/mol. The summed E-state index contributed by atoms with van der Waals surface area (Å²) >= 11 is 0. The Kier molecular flexibility index (Phi) is 3.08. The minimum atomic E-state index is -4.86. The molecule has 7 N–H and O–H groups in total. The van der Waals surface area contributed by atoms with Gasteiger partial charge in [-0.25, -0.2) is 0 Å². The third-order valence-corrected chi connectivity index (χ3v) is 4.60. The van der Waals surface area contributed by atoms with Crippen LogP contribution >= 0.6 is 0 Å². The van der Waals surface area contributed by atoms with Gasteiger partial charge in [-0.2, -0.15) is 8.42 Å². The van der Waals surface area contributed by atoms with Crippen LogP contribution in [-0.2, 0) is 10.1 Å². The van der Waals surface area contributed by atoms with Crippen molar-refractivity contribution in [2.24, 2.45) is 0 Å².